The van der Waals surface area contributed by atoms with Crippen LogP contribution in [0.2, 0.25) is 0 Å². The van der Waals surface area contributed by atoms with Gasteiger partial charge in [0.2, 0.25) is 0 Å². The third-order valence-corrected chi connectivity index (χ3v) is 4.04. The number of rotatable bonds is 8. The molecule has 0 saturated carbocycles. The van der Waals surface area contributed by atoms with Crippen LogP contribution in [0.5, 0.6) is 0 Å². The van der Waals surface area contributed by atoms with Gasteiger partial charge in [0.1, 0.15) is 10.5 Å². The molecule has 0 rings (SSSR count). The van der Waals surface area contributed by atoms with Crippen molar-refractivity contribution >= 4 is 26.4 Å². The minimum atomic E-state index is 0.226. The molecule has 0 aromatic rings. The Bertz CT molecular complexity index is 113. The van der Waals surface area contributed by atoms with E-state index in [2.05, 4.69) is 29.8 Å². The lowest BCUT2D eigenvalue weighted by atomic mass is 9.88. The van der Waals surface area contributed by atoms with Gasteiger partial charge >= 0.3 is 0 Å². The van der Waals surface area contributed by atoms with E-state index in [1.54, 1.807) is 0 Å². The van der Waals surface area contributed by atoms with Crippen molar-refractivity contribution in [1.82, 2.24) is 0 Å². The third-order valence-electron chi connectivity index (χ3n) is 2.61. The van der Waals surface area contributed by atoms with Gasteiger partial charge < -0.3 is 4.43 Å². The highest BCUT2D eigenvalue weighted by Crippen LogP contribution is 2.28. The molecular weight excluding hydrogens is 244 g/mol. The Morgan fingerprint density at radius 3 is 2.00 bits per heavy atom. The first-order chi connectivity index (χ1) is 6.24. The fraction of sp³-hybridized carbons (Fsp3) is 1.00. The topological polar surface area (TPSA) is 9.23 Å². The molecule has 1 nitrogen and oxygen atoms in total. The molecular formula is C10H23BrOSi. The van der Waals surface area contributed by atoms with Gasteiger partial charge in [-0.2, -0.15) is 0 Å². The second-order valence-corrected chi connectivity index (χ2v) is 4.88. The zero-order valence-corrected chi connectivity index (χ0v) is 12.8. The molecule has 0 aliphatic heterocycles. The Hall–Kier alpha value is 0.657. The number of halogens is 1. The van der Waals surface area contributed by atoms with E-state index in [4.69, 9.17) is 4.43 Å². The summed E-state index contributed by atoms with van der Waals surface area (Å²) < 4.78 is 5.84. The largest absolute Gasteiger partial charge is 0.422 e. The van der Waals surface area contributed by atoms with Crippen molar-refractivity contribution in [2.45, 2.75) is 58.0 Å². The normalized spacial score (nSPS) is 12.2. The molecule has 0 saturated heterocycles. The minimum Gasteiger partial charge on any atom is -0.422 e. The molecule has 0 aromatic carbocycles. The molecule has 0 spiro atoms. The van der Waals surface area contributed by atoms with Crippen molar-refractivity contribution in [2.24, 2.45) is 0 Å². The Labute approximate surface area is 94.3 Å². The van der Waals surface area contributed by atoms with Crippen molar-refractivity contribution in [3.63, 3.8) is 0 Å². The molecule has 0 amide bonds. The molecule has 0 radical (unpaired) electrons. The van der Waals surface area contributed by atoms with Crippen LogP contribution in [-0.4, -0.2) is 21.4 Å². The highest BCUT2D eigenvalue weighted by molar-refractivity contribution is 9.09. The molecule has 0 heterocycles. The lowest BCUT2D eigenvalue weighted by Crippen LogP contribution is -2.31. The first-order valence-corrected chi connectivity index (χ1v) is 7.29. The maximum atomic E-state index is 5.84. The van der Waals surface area contributed by atoms with Crippen LogP contribution >= 0.6 is 15.9 Å². The summed E-state index contributed by atoms with van der Waals surface area (Å²) in [4.78, 5) is 0. The van der Waals surface area contributed by atoms with Gasteiger partial charge in [-0.15, -0.1) is 0 Å². The fourth-order valence-electron chi connectivity index (χ4n) is 1.98. The van der Waals surface area contributed by atoms with E-state index >= 15 is 0 Å². The smallest absolute Gasteiger partial charge is 0.146 e. The molecule has 0 aliphatic rings. The molecule has 3 heteroatoms. The Morgan fingerprint density at radius 1 is 1.15 bits per heavy atom. The van der Waals surface area contributed by atoms with Crippen molar-refractivity contribution in [2.75, 3.05) is 5.33 Å². The highest BCUT2D eigenvalue weighted by Gasteiger charge is 2.25. The number of alkyl halides is 1. The minimum absolute atomic E-state index is 0.226. The van der Waals surface area contributed by atoms with Crippen LogP contribution in [0.25, 0.3) is 0 Å². The lowest BCUT2D eigenvalue weighted by Gasteiger charge is -2.33. The van der Waals surface area contributed by atoms with E-state index in [0.717, 1.165) is 15.8 Å². The van der Waals surface area contributed by atoms with E-state index < -0.39 is 0 Å². The molecule has 80 valence electrons. The summed E-state index contributed by atoms with van der Waals surface area (Å²) in [6.45, 7) is 4.50. The summed E-state index contributed by atoms with van der Waals surface area (Å²) in [6, 6.07) is 0. The zero-order chi connectivity index (χ0) is 10.2. The first kappa shape index (κ1) is 13.7. The van der Waals surface area contributed by atoms with Crippen LogP contribution in [0.15, 0.2) is 0 Å². The maximum absolute atomic E-state index is 5.84. The molecule has 13 heavy (non-hydrogen) atoms. The van der Waals surface area contributed by atoms with Gasteiger partial charge in [-0.25, -0.2) is 0 Å². The van der Waals surface area contributed by atoms with E-state index in [-0.39, 0.29) is 5.60 Å². The summed E-state index contributed by atoms with van der Waals surface area (Å²) in [5.41, 5.74) is 0.226. The molecule has 0 N–H and O–H groups in total. The molecule has 0 aromatic heterocycles. The van der Waals surface area contributed by atoms with Gasteiger partial charge in [-0.1, -0.05) is 42.6 Å². The second-order valence-electron chi connectivity index (χ2n) is 3.68. The summed E-state index contributed by atoms with van der Waals surface area (Å²) >= 11 is 3.49. The monoisotopic (exact) mass is 266 g/mol. The van der Waals surface area contributed by atoms with Crippen LogP contribution in [0.3, 0.4) is 0 Å². The SMILES string of the molecule is CCCC(CCC)(CCCBr)O[SiH3]. The van der Waals surface area contributed by atoms with Gasteiger partial charge in [0.25, 0.3) is 0 Å². The lowest BCUT2D eigenvalue weighted by molar-refractivity contribution is 0.0488. The molecule has 0 fully saturated rings. The Kier molecular flexibility index (Phi) is 8.41. The van der Waals surface area contributed by atoms with Gasteiger partial charge in [0, 0.05) is 5.33 Å². The van der Waals surface area contributed by atoms with Crippen molar-refractivity contribution < 1.29 is 4.43 Å². The predicted molar refractivity (Wildman–Crippen MR) is 66.6 cm³/mol. The summed E-state index contributed by atoms with van der Waals surface area (Å²) in [7, 11) is 0.876. The first-order valence-electron chi connectivity index (χ1n) is 5.35. The number of hydrogen-bond donors (Lipinski definition) is 0. The van der Waals surface area contributed by atoms with E-state index in [9.17, 15) is 0 Å². The van der Waals surface area contributed by atoms with Gasteiger partial charge in [0.05, 0.1) is 5.60 Å². The summed E-state index contributed by atoms with van der Waals surface area (Å²) in [5, 5.41) is 1.10. The average Bonchev–Trinajstić information content (AvgIpc) is 2.15. The van der Waals surface area contributed by atoms with E-state index in [1.165, 1.54) is 38.5 Å². The zero-order valence-electron chi connectivity index (χ0n) is 9.24. The maximum Gasteiger partial charge on any atom is 0.146 e. The average molecular weight is 267 g/mol. The van der Waals surface area contributed by atoms with Gasteiger partial charge in [0.15, 0.2) is 0 Å². The van der Waals surface area contributed by atoms with Gasteiger partial charge in [-0.3, -0.25) is 0 Å². The predicted octanol–water partition coefficient (Wildman–Crippen LogP) is 2.80. The van der Waals surface area contributed by atoms with Crippen molar-refractivity contribution in [1.29, 1.82) is 0 Å². The second kappa shape index (κ2) is 8.01. The quantitative estimate of drug-likeness (QED) is 0.485. The highest BCUT2D eigenvalue weighted by atomic mass is 79.9. The van der Waals surface area contributed by atoms with Crippen LogP contribution in [0.4, 0.5) is 0 Å². The van der Waals surface area contributed by atoms with Crippen molar-refractivity contribution in [3.05, 3.63) is 0 Å². The van der Waals surface area contributed by atoms with Crippen LogP contribution in [0, 0.1) is 0 Å². The Balaban J connectivity index is 4.07. The Morgan fingerprint density at radius 2 is 1.69 bits per heavy atom. The van der Waals surface area contributed by atoms with Crippen LogP contribution in [-0.2, 0) is 4.43 Å². The molecule has 0 bridgehead atoms. The fourth-order valence-corrected chi connectivity index (χ4v) is 2.87. The third kappa shape index (κ3) is 5.18. The standard InChI is InChI=1S/C10H23BrOSi/c1-3-6-10(12-13,7-4-2)8-5-9-11/h3-9H2,1-2,13H3. The van der Waals surface area contributed by atoms with E-state index in [1.807, 2.05) is 0 Å². The molecule has 0 aliphatic carbocycles. The van der Waals surface area contributed by atoms with Crippen molar-refractivity contribution in [3.8, 4) is 0 Å². The summed E-state index contributed by atoms with van der Waals surface area (Å²) in [6.07, 6.45) is 7.41. The van der Waals surface area contributed by atoms with Crippen LogP contribution < -0.4 is 0 Å². The van der Waals surface area contributed by atoms with E-state index in [0.29, 0.717) is 0 Å². The molecule has 0 unspecified atom stereocenters. The summed E-state index contributed by atoms with van der Waals surface area (Å²) in [5.74, 6) is 0. The van der Waals surface area contributed by atoms with Gasteiger partial charge in [-0.05, 0) is 25.7 Å². The van der Waals surface area contributed by atoms with Crippen LogP contribution in [0.1, 0.15) is 52.4 Å². The molecule has 0 atom stereocenters. The number of hydrogen-bond acceptors (Lipinski definition) is 1.